The van der Waals surface area contributed by atoms with Gasteiger partial charge in [-0.25, -0.2) is 14.8 Å². The number of likely N-dealkylation sites (tertiary alicyclic amines) is 1. The van der Waals surface area contributed by atoms with Crippen LogP contribution in [0.4, 0.5) is 5.95 Å². The molecule has 1 aliphatic heterocycles. The summed E-state index contributed by atoms with van der Waals surface area (Å²) in [6.45, 7) is 5.00. The third-order valence-electron chi connectivity index (χ3n) is 5.48. The molecule has 148 valence electrons. The molecule has 0 bridgehead atoms. The molecule has 1 aliphatic carbocycles. The van der Waals surface area contributed by atoms with Crippen molar-refractivity contribution in [3.05, 3.63) is 23.0 Å². The zero-order chi connectivity index (χ0) is 19.8. The van der Waals surface area contributed by atoms with Gasteiger partial charge >= 0.3 is 5.97 Å². The van der Waals surface area contributed by atoms with Crippen LogP contribution < -0.4 is 5.73 Å². The summed E-state index contributed by atoms with van der Waals surface area (Å²) in [5, 5.41) is 4.67. The predicted octanol–water partition coefficient (Wildman–Crippen LogP) is 1.38. The Kier molecular flexibility index (Phi) is 4.74. The first-order valence-electron chi connectivity index (χ1n) is 9.65. The van der Waals surface area contributed by atoms with Crippen molar-refractivity contribution in [3.8, 4) is 11.4 Å². The quantitative estimate of drug-likeness (QED) is 0.795. The van der Waals surface area contributed by atoms with Crippen molar-refractivity contribution in [1.29, 1.82) is 0 Å². The molecule has 1 fully saturated rings. The number of nitrogens with two attached hydrogens (primary N) is 1. The Balaban J connectivity index is 1.79. The Morgan fingerprint density at radius 2 is 2.04 bits per heavy atom. The van der Waals surface area contributed by atoms with Crippen LogP contribution >= 0.6 is 0 Å². The molecule has 2 aromatic rings. The molecule has 4 rings (SSSR count). The van der Waals surface area contributed by atoms with Gasteiger partial charge in [0.25, 0.3) is 0 Å². The summed E-state index contributed by atoms with van der Waals surface area (Å²) >= 11 is 0. The fraction of sp³-hybridized carbons (Fsp3) is 0.526. The number of carbonyl (C=O) groups excluding carboxylic acids is 2. The number of ether oxygens (including phenoxy) is 1. The smallest absolute Gasteiger partial charge is 0.359 e. The predicted molar refractivity (Wildman–Crippen MR) is 102 cm³/mol. The minimum absolute atomic E-state index is 0.0784. The van der Waals surface area contributed by atoms with Crippen molar-refractivity contribution in [2.45, 2.75) is 45.6 Å². The lowest BCUT2D eigenvalue weighted by Crippen LogP contribution is -2.38. The molecule has 0 unspecified atom stereocenters. The first-order valence-corrected chi connectivity index (χ1v) is 9.65. The van der Waals surface area contributed by atoms with Crippen molar-refractivity contribution in [2.75, 3.05) is 25.4 Å². The second-order valence-corrected chi connectivity index (χ2v) is 7.18. The Labute approximate surface area is 162 Å². The highest BCUT2D eigenvalue weighted by atomic mass is 16.5. The molecular formula is C19H24N6O3. The number of aromatic nitrogens is 4. The van der Waals surface area contributed by atoms with Crippen molar-refractivity contribution in [1.82, 2.24) is 24.6 Å². The molecule has 0 aromatic carbocycles. The van der Waals surface area contributed by atoms with Gasteiger partial charge in [0.05, 0.1) is 24.0 Å². The van der Waals surface area contributed by atoms with Crippen molar-refractivity contribution in [3.63, 3.8) is 0 Å². The maximum absolute atomic E-state index is 12.5. The van der Waals surface area contributed by atoms with E-state index in [4.69, 9.17) is 10.5 Å². The van der Waals surface area contributed by atoms with Crippen LogP contribution in [0, 0.1) is 0 Å². The molecule has 1 saturated heterocycles. The van der Waals surface area contributed by atoms with Crippen LogP contribution in [-0.4, -0.2) is 56.2 Å². The number of nitrogens with zero attached hydrogens (tertiary/aromatic N) is 5. The molecule has 1 amide bonds. The fourth-order valence-electron chi connectivity index (χ4n) is 4.08. The van der Waals surface area contributed by atoms with E-state index in [0.29, 0.717) is 31.8 Å². The molecule has 9 nitrogen and oxygen atoms in total. The number of piperidine rings is 1. The van der Waals surface area contributed by atoms with E-state index in [9.17, 15) is 9.59 Å². The lowest BCUT2D eigenvalue weighted by atomic mass is 9.92. The van der Waals surface area contributed by atoms with Gasteiger partial charge in [-0.05, 0) is 38.2 Å². The minimum Gasteiger partial charge on any atom is -0.461 e. The Morgan fingerprint density at radius 1 is 1.29 bits per heavy atom. The number of fused-ring (bicyclic) bond motifs is 3. The second-order valence-electron chi connectivity index (χ2n) is 7.18. The molecule has 2 N–H and O–H groups in total. The summed E-state index contributed by atoms with van der Waals surface area (Å²) in [6.07, 6.45) is 4.69. The standard InChI is InChI=1S/C19H24N6O3/c1-3-28-18(27)16-14-5-4-12-10-21-19(20)22-15(12)17(14)25(23-16)13-6-8-24(9-7-13)11(2)26/h10,13H,3-9H2,1-2H3,(H2,20,21,22). The van der Waals surface area contributed by atoms with E-state index in [0.717, 1.165) is 41.8 Å². The fourth-order valence-corrected chi connectivity index (χ4v) is 4.08. The number of hydrogen-bond donors (Lipinski definition) is 1. The summed E-state index contributed by atoms with van der Waals surface area (Å²) in [4.78, 5) is 34.6. The number of amides is 1. The molecule has 2 aliphatic rings. The van der Waals surface area contributed by atoms with E-state index in [1.165, 1.54) is 0 Å². The first kappa shape index (κ1) is 18.4. The summed E-state index contributed by atoms with van der Waals surface area (Å²) in [7, 11) is 0. The number of rotatable bonds is 3. The number of carbonyl (C=O) groups is 2. The van der Waals surface area contributed by atoms with Gasteiger partial charge in [-0.2, -0.15) is 5.10 Å². The van der Waals surface area contributed by atoms with Crippen LogP contribution in [0.5, 0.6) is 0 Å². The number of esters is 1. The van der Waals surface area contributed by atoms with Gasteiger partial charge < -0.3 is 15.4 Å². The maximum atomic E-state index is 12.5. The van der Waals surface area contributed by atoms with Crippen LogP contribution in [-0.2, 0) is 22.4 Å². The van der Waals surface area contributed by atoms with E-state index in [-0.39, 0.29) is 17.9 Å². The Bertz CT molecular complexity index is 930. The van der Waals surface area contributed by atoms with E-state index in [1.54, 1.807) is 20.0 Å². The van der Waals surface area contributed by atoms with Gasteiger partial charge in [0.1, 0.15) is 0 Å². The summed E-state index contributed by atoms with van der Waals surface area (Å²) in [5.41, 5.74) is 9.63. The summed E-state index contributed by atoms with van der Waals surface area (Å²) < 4.78 is 7.14. The van der Waals surface area contributed by atoms with Gasteiger partial charge in [0.15, 0.2) is 5.69 Å². The van der Waals surface area contributed by atoms with E-state index < -0.39 is 5.97 Å². The van der Waals surface area contributed by atoms with Gasteiger partial charge in [0.2, 0.25) is 11.9 Å². The van der Waals surface area contributed by atoms with Crippen LogP contribution in [0.2, 0.25) is 0 Å². The average molecular weight is 384 g/mol. The molecular weight excluding hydrogens is 360 g/mol. The third-order valence-corrected chi connectivity index (χ3v) is 5.48. The molecule has 0 radical (unpaired) electrons. The number of hydrogen-bond acceptors (Lipinski definition) is 7. The normalized spacial score (nSPS) is 16.4. The largest absolute Gasteiger partial charge is 0.461 e. The van der Waals surface area contributed by atoms with Crippen molar-refractivity contribution >= 4 is 17.8 Å². The zero-order valence-corrected chi connectivity index (χ0v) is 16.1. The topological polar surface area (TPSA) is 116 Å². The molecule has 3 heterocycles. The minimum atomic E-state index is -0.413. The summed E-state index contributed by atoms with van der Waals surface area (Å²) in [5.74, 6) is -0.133. The Morgan fingerprint density at radius 3 is 2.71 bits per heavy atom. The number of aryl methyl sites for hydroxylation is 1. The van der Waals surface area contributed by atoms with Crippen molar-refractivity contribution < 1.29 is 14.3 Å². The third kappa shape index (κ3) is 3.10. The van der Waals surface area contributed by atoms with Gasteiger partial charge in [-0.3, -0.25) is 9.48 Å². The number of anilines is 1. The summed E-state index contributed by atoms with van der Waals surface area (Å²) in [6, 6.07) is 0.0784. The van der Waals surface area contributed by atoms with Crippen LogP contribution in [0.3, 0.4) is 0 Å². The number of nitrogen functional groups attached to an aromatic ring is 1. The maximum Gasteiger partial charge on any atom is 0.359 e. The van der Waals surface area contributed by atoms with Crippen LogP contribution in [0.15, 0.2) is 6.20 Å². The van der Waals surface area contributed by atoms with Crippen LogP contribution in [0.1, 0.15) is 54.3 Å². The monoisotopic (exact) mass is 384 g/mol. The van der Waals surface area contributed by atoms with Gasteiger partial charge in [-0.15, -0.1) is 0 Å². The molecule has 2 aromatic heterocycles. The van der Waals surface area contributed by atoms with Crippen LogP contribution in [0.25, 0.3) is 11.4 Å². The Hall–Kier alpha value is -2.97. The van der Waals surface area contributed by atoms with Crippen molar-refractivity contribution in [2.24, 2.45) is 0 Å². The first-order chi connectivity index (χ1) is 13.5. The highest BCUT2D eigenvalue weighted by Gasteiger charge is 2.34. The van der Waals surface area contributed by atoms with E-state index in [2.05, 4.69) is 15.1 Å². The molecule has 9 heteroatoms. The second kappa shape index (κ2) is 7.21. The average Bonchev–Trinajstić information content (AvgIpc) is 3.08. The van der Waals surface area contributed by atoms with E-state index in [1.807, 2.05) is 9.58 Å². The lowest BCUT2D eigenvalue weighted by Gasteiger charge is -2.32. The van der Waals surface area contributed by atoms with Gasteiger partial charge in [0, 0.05) is 31.8 Å². The van der Waals surface area contributed by atoms with E-state index >= 15 is 0 Å². The highest BCUT2D eigenvalue weighted by Crippen LogP contribution is 2.38. The molecule has 0 saturated carbocycles. The highest BCUT2D eigenvalue weighted by molar-refractivity contribution is 5.91. The van der Waals surface area contributed by atoms with Gasteiger partial charge in [-0.1, -0.05) is 0 Å². The molecule has 0 atom stereocenters. The molecule has 28 heavy (non-hydrogen) atoms. The molecule has 0 spiro atoms. The zero-order valence-electron chi connectivity index (χ0n) is 16.1. The lowest BCUT2D eigenvalue weighted by molar-refractivity contribution is -0.130. The SMILES string of the molecule is CCOC(=O)c1nn(C2CCN(C(C)=O)CC2)c2c1CCc1cnc(N)nc1-2.